The largest absolute Gasteiger partial charge is 0.373 e. The van der Waals surface area contributed by atoms with Gasteiger partial charge < -0.3 is 19.9 Å². The number of hydrogen-bond acceptors (Lipinski definition) is 6. The van der Waals surface area contributed by atoms with Crippen molar-refractivity contribution in [2.24, 2.45) is 0 Å². The molecular weight excluding hydrogens is 370 g/mol. The highest BCUT2D eigenvalue weighted by molar-refractivity contribution is 5.94. The summed E-state index contributed by atoms with van der Waals surface area (Å²) in [6.07, 6.45) is 1.93. The van der Waals surface area contributed by atoms with E-state index in [4.69, 9.17) is 9.47 Å². The molecule has 0 saturated carbocycles. The van der Waals surface area contributed by atoms with Gasteiger partial charge in [-0.2, -0.15) is 0 Å². The average molecular weight is 399 g/mol. The maximum Gasteiger partial charge on any atom is 0.251 e. The Hall–Kier alpha value is -2.32. The Balaban J connectivity index is 1.62. The number of aromatic nitrogens is 1. The number of benzene rings is 1. The van der Waals surface area contributed by atoms with E-state index in [2.05, 4.69) is 15.6 Å². The molecule has 1 fully saturated rings. The number of carbonyl (C=O) groups excluding carboxylic acids is 1. The fourth-order valence-electron chi connectivity index (χ4n) is 3.20. The molecule has 0 radical (unpaired) electrons. The number of amides is 1. The lowest BCUT2D eigenvalue weighted by atomic mass is 10.1. The summed E-state index contributed by atoms with van der Waals surface area (Å²) >= 11 is 0. The van der Waals surface area contributed by atoms with Crippen LogP contribution in [-0.4, -0.2) is 49.1 Å². The summed E-state index contributed by atoms with van der Waals surface area (Å²) in [5.74, 6) is -0.184. The van der Waals surface area contributed by atoms with E-state index in [1.54, 1.807) is 19.2 Å². The lowest BCUT2D eigenvalue weighted by molar-refractivity contribution is -0.181. The van der Waals surface area contributed by atoms with Gasteiger partial charge in [-0.15, -0.1) is 0 Å². The zero-order valence-electron chi connectivity index (χ0n) is 16.8. The van der Waals surface area contributed by atoms with Crippen LogP contribution >= 0.6 is 0 Å². The minimum absolute atomic E-state index is 0.170. The third kappa shape index (κ3) is 6.61. The van der Waals surface area contributed by atoms with Crippen molar-refractivity contribution in [1.29, 1.82) is 0 Å². The Labute approximate surface area is 171 Å². The van der Waals surface area contributed by atoms with Crippen LogP contribution in [0.15, 0.2) is 42.5 Å². The predicted octanol–water partition coefficient (Wildman–Crippen LogP) is 2.16. The fraction of sp³-hybridized carbons (Fsp3) is 0.455. The summed E-state index contributed by atoms with van der Waals surface area (Å²) in [5, 5.41) is 15.8. The van der Waals surface area contributed by atoms with E-state index in [1.165, 1.54) is 0 Å². The molecule has 1 saturated heterocycles. The monoisotopic (exact) mass is 399 g/mol. The van der Waals surface area contributed by atoms with Gasteiger partial charge in [-0.05, 0) is 37.6 Å². The molecule has 1 aromatic heterocycles. The Bertz CT molecular complexity index is 779. The van der Waals surface area contributed by atoms with E-state index < -0.39 is 6.23 Å². The summed E-state index contributed by atoms with van der Waals surface area (Å²) < 4.78 is 11.0. The summed E-state index contributed by atoms with van der Waals surface area (Å²) in [5.41, 5.74) is 2.74. The number of hydrogen-bond donors (Lipinski definition) is 3. The van der Waals surface area contributed by atoms with Gasteiger partial charge in [-0.1, -0.05) is 30.3 Å². The van der Waals surface area contributed by atoms with Gasteiger partial charge >= 0.3 is 0 Å². The van der Waals surface area contributed by atoms with Crippen LogP contribution in [0.3, 0.4) is 0 Å². The SMILES string of the molecule is CNC(O)c1cc(C(=O)NCCCC2OCCCO2)cc(Cc2ccccc2)n1. The number of aliphatic hydroxyl groups excluding tert-OH is 1. The molecule has 0 aliphatic carbocycles. The molecule has 1 aromatic carbocycles. The Kier molecular flexibility index (Phi) is 8.13. The molecule has 1 aliphatic rings. The zero-order chi connectivity index (χ0) is 20.5. The summed E-state index contributed by atoms with van der Waals surface area (Å²) in [7, 11) is 1.64. The average Bonchev–Trinajstić information content (AvgIpc) is 2.77. The Morgan fingerprint density at radius 2 is 2.00 bits per heavy atom. The minimum Gasteiger partial charge on any atom is -0.373 e. The topological polar surface area (TPSA) is 92.7 Å². The molecule has 7 heteroatoms. The molecule has 1 amide bonds. The molecule has 7 nitrogen and oxygen atoms in total. The molecular formula is C22H29N3O4. The van der Waals surface area contributed by atoms with E-state index in [9.17, 15) is 9.90 Å². The molecule has 1 atom stereocenters. The number of pyridine rings is 1. The lowest BCUT2D eigenvalue weighted by Crippen LogP contribution is -2.28. The second kappa shape index (κ2) is 11.0. The molecule has 3 N–H and O–H groups in total. The second-order valence-electron chi connectivity index (χ2n) is 7.05. The van der Waals surface area contributed by atoms with E-state index in [0.717, 1.165) is 43.7 Å². The maximum atomic E-state index is 12.7. The Morgan fingerprint density at radius 1 is 1.24 bits per heavy atom. The molecule has 2 heterocycles. The van der Waals surface area contributed by atoms with E-state index in [0.29, 0.717) is 24.2 Å². The maximum absolute atomic E-state index is 12.7. The number of nitrogens with one attached hydrogen (secondary N) is 2. The number of nitrogens with zero attached hydrogens (tertiary/aromatic N) is 1. The van der Waals surface area contributed by atoms with Crippen LogP contribution < -0.4 is 10.6 Å². The van der Waals surface area contributed by atoms with Crippen molar-refractivity contribution >= 4 is 5.91 Å². The van der Waals surface area contributed by atoms with E-state index in [1.807, 2.05) is 30.3 Å². The van der Waals surface area contributed by atoms with Crippen molar-refractivity contribution < 1.29 is 19.4 Å². The molecule has 1 unspecified atom stereocenters. The minimum atomic E-state index is -0.933. The molecule has 3 rings (SSSR count). The summed E-state index contributed by atoms with van der Waals surface area (Å²) in [6, 6.07) is 13.3. The van der Waals surface area contributed by atoms with Gasteiger partial charge in [0.1, 0.15) is 6.23 Å². The first kappa shape index (κ1) is 21.4. The van der Waals surface area contributed by atoms with Crippen molar-refractivity contribution in [1.82, 2.24) is 15.6 Å². The summed E-state index contributed by atoms with van der Waals surface area (Å²) in [4.78, 5) is 17.2. The molecule has 0 spiro atoms. The Morgan fingerprint density at radius 3 is 2.72 bits per heavy atom. The smallest absolute Gasteiger partial charge is 0.251 e. The van der Waals surface area contributed by atoms with Crippen LogP contribution in [0.1, 0.15) is 52.8 Å². The van der Waals surface area contributed by atoms with Gasteiger partial charge in [-0.3, -0.25) is 15.1 Å². The number of ether oxygens (including phenoxy) is 2. The predicted molar refractivity (Wildman–Crippen MR) is 109 cm³/mol. The van der Waals surface area contributed by atoms with Gasteiger partial charge in [-0.25, -0.2) is 0 Å². The van der Waals surface area contributed by atoms with Crippen molar-refractivity contribution in [3.8, 4) is 0 Å². The van der Waals surface area contributed by atoms with Gasteiger partial charge in [0, 0.05) is 30.6 Å². The first-order valence-corrected chi connectivity index (χ1v) is 10.1. The summed E-state index contributed by atoms with van der Waals surface area (Å²) in [6.45, 7) is 1.99. The molecule has 29 heavy (non-hydrogen) atoms. The van der Waals surface area contributed by atoms with Crippen LogP contribution in [0.2, 0.25) is 0 Å². The zero-order valence-corrected chi connectivity index (χ0v) is 16.8. The molecule has 0 bridgehead atoms. The van der Waals surface area contributed by atoms with Crippen LogP contribution in [0.5, 0.6) is 0 Å². The van der Waals surface area contributed by atoms with Gasteiger partial charge in [0.15, 0.2) is 6.29 Å². The van der Waals surface area contributed by atoms with E-state index in [-0.39, 0.29) is 12.2 Å². The highest BCUT2D eigenvalue weighted by atomic mass is 16.7. The van der Waals surface area contributed by atoms with Crippen LogP contribution in [-0.2, 0) is 15.9 Å². The van der Waals surface area contributed by atoms with Crippen LogP contribution in [0.4, 0.5) is 0 Å². The second-order valence-corrected chi connectivity index (χ2v) is 7.05. The first-order valence-electron chi connectivity index (χ1n) is 10.1. The third-order valence-corrected chi connectivity index (χ3v) is 4.74. The lowest BCUT2D eigenvalue weighted by Gasteiger charge is -2.23. The van der Waals surface area contributed by atoms with Crippen molar-refractivity contribution in [3.05, 3.63) is 65.0 Å². The van der Waals surface area contributed by atoms with Crippen LogP contribution in [0, 0.1) is 0 Å². The standard InChI is InChI=1S/C22H29N3O4/c1-23-22(27)19-15-17(14-18(25-19)13-16-7-3-2-4-8-16)21(26)24-10-5-9-20-28-11-6-12-29-20/h2-4,7-8,14-15,20,22-23,27H,5-6,9-13H2,1H3,(H,24,26). The normalized spacial score (nSPS) is 15.8. The molecule has 2 aromatic rings. The first-order chi connectivity index (χ1) is 14.2. The molecule has 1 aliphatic heterocycles. The molecule has 156 valence electrons. The van der Waals surface area contributed by atoms with Crippen molar-refractivity contribution in [3.63, 3.8) is 0 Å². The van der Waals surface area contributed by atoms with Gasteiger partial charge in [0.05, 0.1) is 18.9 Å². The van der Waals surface area contributed by atoms with Crippen molar-refractivity contribution in [2.45, 2.75) is 38.2 Å². The van der Waals surface area contributed by atoms with Gasteiger partial charge in [0.2, 0.25) is 0 Å². The fourth-order valence-corrected chi connectivity index (χ4v) is 3.20. The van der Waals surface area contributed by atoms with E-state index >= 15 is 0 Å². The number of aliphatic hydroxyl groups is 1. The quantitative estimate of drug-likeness (QED) is 0.442. The number of rotatable bonds is 9. The third-order valence-electron chi connectivity index (χ3n) is 4.74. The van der Waals surface area contributed by atoms with Gasteiger partial charge in [0.25, 0.3) is 5.91 Å². The van der Waals surface area contributed by atoms with Crippen molar-refractivity contribution in [2.75, 3.05) is 26.8 Å². The highest BCUT2D eigenvalue weighted by Crippen LogP contribution is 2.15. The van der Waals surface area contributed by atoms with Crippen LogP contribution in [0.25, 0.3) is 0 Å². The number of carbonyl (C=O) groups is 1. The highest BCUT2D eigenvalue weighted by Gasteiger charge is 2.16.